The van der Waals surface area contributed by atoms with Crippen molar-refractivity contribution in [3.63, 3.8) is 0 Å². The Kier molecular flexibility index (Phi) is 2.23. The van der Waals surface area contributed by atoms with E-state index in [4.69, 9.17) is 16.3 Å². The van der Waals surface area contributed by atoms with Gasteiger partial charge in [-0.15, -0.1) is 0 Å². The fraction of sp³-hybridized carbons (Fsp3) is 0.500. The lowest BCUT2D eigenvalue weighted by Gasteiger charge is -2.30. The lowest BCUT2D eigenvalue weighted by molar-refractivity contribution is 0.0298. The SMILES string of the molecule is Cc1ccc(Cl)c2c1[C@H]1CNC[C@@H]1OC2. The lowest BCUT2D eigenvalue weighted by atomic mass is 9.86. The van der Waals surface area contributed by atoms with Gasteiger partial charge in [-0.05, 0) is 24.1 Å². The molecule has 2 aliphatic heterocycles. The van der Waals surface area contributed by atoms with Crippen LogP contribution >= 0.6 is 11.6 Å². The van der Waals surface area contributed by atoms with Gasteiger partial charge >= 0.3 is 0 Å². The van der Waals surface area contributed by atoms with Crippen LogP contribution in [0, 0.1) is 6.92 Å². The molecular weight excluding hydrogens is 210 g/mol. The van der Waals surface area contributed by atoms with Gasteiger partial charge in [0.1, 0.15) is 0 Å². The van der Waals surface area contributed by atoms with Crippen molar-refractivity contribution >= 4 is 11.6 Å². The predicted octanol–water partition coefficient (Wildman–Crippen LogP) is 2.23. The molecule has 1 saturated heterocycles. The van der Waals surface area contributed by atoms with Crippen molar-refractivity contribution in [2.24, 2.45) is 0 Å². The summed E-state index contributed by atoms with van der Waals surface area (Å²) < 4.78 is 5.82. The third kappa shape index (κ3) is 1.40. The fourth-order valence-corrected chi connectivity index (χ4v) is 2.95. The van der Waals surface area contributed by atoms with E-state index in [1.54, 1.807) is 0 Å². The van der Waals surface area contributed by atoms with Gasteiger partial charge in [0.2, 0.25) is 0 Å². The van der Waals surface area contributed by atoms with Gasteiger partial charge in [0.25, 0.3) is 0 Å². The van der Waals surface area contributed by atoms with Gasteiger partial charge in [0.15, 0.2) is 0 Å². The van der Waals surface area contributed by atoms with Crippen molar-refractivity contribution in [3.05, 3.63) is 33.8 Å². The molecule has 3 heteroatoms. The topological polar surface area (TPSA) is 21.3 Å². The first-order chi connectivity index (χ1) is 7.27. The van der Waals surface area contributed by atoms with E-state index in [2.05, 4.69) is 18.3 Å². The number of rotatable bonds is 0. The second-order valence-electron chi connectivity index (χ2n) is 4.37. The van der Waals surface area contributed by atoms with Crippen LogP contribution in [0.1, 0.15) is 22.6 Å². The summed E-state index contributed by atoms with van der Waals surface area (Å²) in [5, 5.41) is 4.23. The maximum absolute atomic E-state index is 6.20. The Labute approximate surface area is 94.6 Å². The fourth-order valence-electron chi connectivity index (χ4n) is 2.73. The van der Waals surface area contributed by atoms with Crippen molar-refractivity contribution < 1.29 is 4.74 Å². The third-order valence-electron chi connectivity index (χ3n) is 3.49. The molecule has 2 heterocycles. The standard InChI is InChI=1S/C12H14ClNO/c1-7-2-3-10(13)9-6-15-11-5-14-4-8(11)12(7)9/h2-3,8,11,14H,4-6H2,1H3/t8-,11-/m0/s1. The molecule has 1 aromatic carbocycles. The molecule has 2 nitrogen and oxygen atoms in total. The Morgan fingerprint density at radius 2 is 2.27 bits per heavy atom. The summed E-state index contributed by atoms with van der Waals surface area (Å²) in [7, 11) is 0. The summed E-state index contributed by atoms with van der Waals surface area (Å²) in [5.74, 6) is 0.493. The number of halogens is 1. The van der Waals surface area contributed by atoms with E-state index >= 15 is 0 Å². The molecule has 0 saturated carbocycles. The van der Waals surface area contributed by atoms with Gasteiger partial charge in [-0.2, -0.15) is 0 Å². The molecular formula is C12H14ClNO. The second kappa shape index (κ2) is 3.48. The Bertz CT molecular complexity index is 405. The molecule has 2 atom stereocenters. The van der Waals surface area contributed by atoms with Gasteiger partial charge in [-0.3, -0.25) is 0 Å². The van der Waals surface area contributed by atoms with Gasteiger partial charge in [0, 0.05) is 29.6 Å². The smallest absolute Gasteiger partial charge is 0.0784 e. The van der Waals surface area contributed by atoms with Crippen molar-refractivity contribution in [1.29, 1.82) is 0 Å². The maximum Gasteiger partial charge on any atom is 0.0784 e. The zero-order valence-corrected chi connectivity index (χ0v) is 9.47. The summed E-state index contributed by atoms with van der Waals surface area (Å²) in [6, 6.07) is 4.09. The van der Waals surface area contributed by atoms with Gasteiger partial charge < -0.3 is 10.1 Å². The predicted molar refractivity (Wildman–Crippen MR) is 60.4 cm³/mol. The maximum atomic E-state index is 6.20. The van der Waals surface area contributed by atoms with Crippen molar-refractivity contribution in [2.75, 3.05) is 13.1 Å². The molecule has 1 N–H and O–H groups in total. The highest BCUT2D eigenvalue weighted by molar-refractivity contribution is 6.31. The van der Waals surface area contributed by atoms with E-state index in [1.807, 2.05) is 6.07 Å². The number of nitrogens with one attached hydrogen (secondary N) is 1. The highest BCUT2D eigenvalue weighted by Gasteiger charge is 2.35. The summed E-state index contributed by atoms with van der Waals surface area (Å²) in [5.41, 5.74) is 3.96. The Morgan fingerprint density at radius 3 is 3.13 bits per heavy atom. The van der Waals surface area contributed by atoms with Crippen molar-refractivity contribution in [3.8, 4) is 0 Å². The molecule has 0 unspecified atom stereocenters. The van der Waals surface area contributed by atoms with Crippen LogP contribution in [0.4, 0.5) is 0 Å². The molecule has 15 heavy (non-hydrogen) atoms. The largest absolute Gasteiger partial charge is 0.371 e. The summed E-state index contributed by atoms with van der Waals surface area (Å²) in [6.45, 7) is 4.81. The number of aryl methyl sites for hydroxylation is 1. The molecule has 0 bridgehead atoms. The normalized spacial score (nSPS) is 28.7. The summed E-state index contributed by atoms with van der Waals surface area (Å²) in [4.78, 5) is 0. The van der Waals surface area contributed by atoms with Crippen LogP contribution in [-0.4, -0.2) is 19.2 Å². The third-order valence-corrected chi connectivity index (χ3v) is 3.84. The first-order valence-corrected chi connectivity index (χ1v) is 5.75. The number of ether oxygens (including phenoxy) is 1. The number of hydrogen-bond donors (Lipinski definition) is 1. The molecule has 0 aliphatic carbocycles. The average Bonchev–Trinajstić information content (AvgIpc) is 2.70. The molecule has 1 aromatic rings. The molecule has 0 amide bonds. The van der Waals surface area contributed by atoms with E-state index in [1.165, 1.54) is 16.7 Å². The minimum atomic E-state index is 0.342. The van der Waals surface area contributed by atoms with Crippen LogP contribution in [-0.2, 0) is 11.3 Å². The zero-order chi connectivity index (χ0) is 10.4. The van der Waals surface area contributed by atoms with Crippen LogP contribution in [0.25, 0.3) is 0 Å². The van der Waals surface area contributed by atoms with Gasteiger partial charge in [-0.25, -0.2) is 0 Å². The molecule has 0 aromatic heterocycles. The van der Waals surface area contributed by atoms with Crippen LogP contribution in [0.15, 0.2) is 12.1 Å². The van der Waals surface area contributed by atoms with Crippen LogP contribution in [0.2, 0.25) is 5.02 Å². The van der Waals surface area contributed by atoms with E-state index in [9.17, 15) is 0 Å². The van der Waals surface area contributed by atoms with Crippen LogP contribution in [0.5, 0.6) is 0 Å². The highest BCUT2D eigenvalue weighted by Crippen LogP contribution is 2.38. The summed E-state index contributed by atoms with van der Waals surface area (Å²) >= 11 is 6.20. The van der Waals surface area contributed by atoms with Crippen molar-refractivity contribution in [2.45, 2.75) is 25.6 Å². The molecule has 3 rings (SSSR count). The summed E-state index contributed by atoms with van der Waals surface area (Å²) in [6.07, 6.45) is 0.342. The second-order valence-corrected chi connectivity index (χ2v) is 4.78. The van der Waals surface area contributed by atoms with Crippen LogP contribution < -0.4 is 5.32 Å². The zero-order valence-electron chi connectivity index (χ0n) is 8.72. The molecule has 1 fully saturated rings. The Morgan fingerprint density at radius 1 is 1.40 bits per heavy atom. The lowest BCUT2D eigenvalue weighted by Crippen LogP contribution is -2.27. The molecule has 0 radical (unpaired) electrons. The first-order valence-electron chi connectivity index (χ1n) is 5.37. The van der Waals surface area contributed by atoms with E-state index in [0.717, 1.165) is 18.1 Å². The minimum absolute atomic E-state index is 0.342. The monoisotopic (exact) mass is 223 g/mol. The minimum Gasteiger partial charge on any atom is -0.371 e. The van der Waals surface area contributed by atoms with Crippen molar-refractivity contribution in [1.82, 2.24) is 5.32 Å². The Balaban J connectivity index is 2.16. The first kappa shape index (κ1) is 9.64. The Hall–Kier alpha value is -0.570. The van der Waals surface area contributed by atoms with Gasteiger partial charge in [-0.1, -0.05) is 17.7 Å². The van der Waals surface area contributed by atoms with E-state index in [0.29, 0.717) is 18.6 Å². The van der Waals surface area contributed by atoms with E-state index < -0.39 is 0 Å². The molecule has 2 aliphatic rings. The number of benzene rings is 1. The highest BCUT2D eigenvalue weighted by atomic mass is 35.5. The van der Waals surface area contributed by atoms with E-state index in [-0.39, 0.29) is 0 Å². The quantitative estimate of drug-likeness (QED) is 0.729. The number of hydrogen-bond acceptors (Lipinski definition) is 2. The molecule has 80 valence electrons. The van der Waals surface area contributed by atoms with Crippen LogP contribution in [0.3, 0.4) is 0 Å². The molecule has 0 spiro atoms. The number of fused-ring (bicyclic) bond motifs is 3. The average molecular weight is 224 g/mol. The van der Waals surface area contributed by atoms with Gasteiger partial charge in [0.05, 0.1) is 12.7 Å².